The first-order valence-corrected chi connectivity index (χ1v) is 6.45. The van der Waals surface area contributed by atoms with Gasteiger partial charge in [-0.1, -0.05) is 6.92 Å². The molecule has 0 unspecified atom stereocenters. The molecule has 3 heteroatoms. The molecule has 1 aromatic heterocycles. The van der Waals surface area contributed by atoms with Crippen molar-refractivity contribution in [2.45, 2.75) is 44.9 Å². The first-order chi connectivity index (χ1) is 7.86. The minimum atomic E-state index is 0.646. The monoisotopic (exact) mass is 217 g/mol. The summed E-state index contributed by atoms with van der Waals surface area (Å²) in [7, 11) is 0. The molecule has 3 nitrogen and oxygen atoms in total. The Morgan fingerprint density at radius 1 is 1.19 bits per heavy atom. The molecule has 0 aromatic carbocycles. The van der Waals surface area contributed by atoms with E-state index in [-0.39, 0.29) is 0 Å². The lowest BCUT2D eigenvalue weighted by atomic mass is 10.0. The molecule has 0 radical (unpaired) electrons. The largest absolute Gasteiger partial charge is 0.356 e. The second-order valence-corrected chi connectivity index (χ2v) is 5.05. The van der Waals surface area contributed by atoms with Crippen LogP contribution in [-0.4, -0.2) is 23.1 Å². The van der Waals surface area contributed by atoms with Gasteiger partial charge in [0.1, 0.15) is 12.1 Å². The average Bonchev–Trinajstić information content (AvgIpc) is 2.73. The van der Waals surface area contributed by atoms with Gasteiger partial charge in [0.15, 0.2) is 0 Å². The third-order valence-corrected chi connectivity index (χ3v) is 3.91. The summed E-state index contributed by atoms with van der Waals surface area (Å²) in [5, 5.41) is 0. The van der Waals surface area contributed by atoms with Crippen LogP contribution < -0.4 is 4.90 Å². The molecule has 3 rings (SSSR count). The molecule has 0 N–H and O–H groups in total. The molecule has 1 fully saturated rings. The van der Waals surface area contributed by atoms with E-state index in [0.29, 0.717) is 5.92 Å². The number of aromatic nitrogens is 2. The summed E-state index contributed by atoms with van der Waals surface area (Å²) < 4.78 is 0. The fourth-order valence-corrected chi connectivity index (χ4v) is 2.98. The van der Waals surface area contributed by atoms with Crippen molar-refractivity contribution < 1.29 is 0 Å². The van der Waals surface area contributed by atoms with E-state index < -0.39 is 0 Å². The number of rotatable bonds is 1. The van der Waals surface area contributed by atoms with Gasteiger partial charge in [-0.3, -0.25) is 0 Å². The Morgan fingerprint density at radius 3 is 2.81 bits per heavy atom. The van der Waals surface area contributed by atoms with Crippen molar-refractivity contribution in [3.8, 4) is 0 Å². The number of nitrogens with zero attached hydrogens (tertiary/aromatic N) is 3. The maximum Gasteiger partial charge on any atom is 0.135 e. The van der Waals surface area contributed by atoms with Crippen molar-refractivity contribution in [2.24, 2.45) is 0 Å². The lowest BCUT2D eigenvalue weighted by molar-refractivity contribution is 0.569. The fraction of sp³-hybridized carbons (Fsp3) is 0.692. The quantitative estimate of drug-likeness (QED) is 0.723. The summed E-state index contributed by atoms with van der Waals surface area (Å²) >= 11 is 0. The lowest BCUT2D eigenvalue weighted by Gasteiger charge is -2.29. The minimum absolute atomic E-state index is 0.646. The number of aryl methyl sites for hydroxylation is 1. The van der Waals surface area contributed by atoms with Crippen molar-refractivity contribution in [3.05, 3.63) is 17.6 Å². The molecule has 86 valence electrons. The van der Waals surface area contributed by atoms with E-state index in [1.54, 1.807) is 6.33 Å². The third kappa shape index (κ3) is 1.58. The smallest absolute Gasteiger partial charge is 0.135 e. The highest BCUT2D eigenvalue weighted by Gasteiger charge is 2.26. The van der Waals surface area contributed by atoms with E-state index in [4.69, 9.17) is 0 Å². The summed E-state index contributed by atoms with van der Waals surface area (Å²) in [6.45, 7) is 4.66. The van der Waals surface area contributed by atoms with Crippen LogP contribution in [0, 0.1) is 0 Å². The molecule has 1 aromatic rings. The summed E-state index contributed by atoms with van der Waals surface area (Å²) in [5.41, 5.74) is 2.73. The van der Waals surface area contributed by atoms with Gasteiger partial charge in [0.2, 0.25) is 0 Å². The summed E-state index contributed by atoms with van der Waals surface area (Å²) in [4.78, 5) is 11.4. The Kier molecular flexibility index (Phi) is 2.54. The van der Waals surface area contributed by atoms with E-state index in [0.717, 1.165) is 6.42 Å². The van der Waals surface area contributed by atoms with Crippen LogP contribution in [0.2, 0.25) is 0 Å². The predicted molar refractivity (Wildman–Crippen MR) is 64.8 cm³/mol. The summed E-state index contributed by atoms with van der Waals surface area (Å²) in [6, 6.07) is 0. The Bertz CT molecular complexity index is 383. The van der Waals surface area contributed by atoms with Crippen molar-refractivity contribution in [1.29, 1.82) is 0 Å². The van der Waals surface area contributed by atoms with Gasteiger partial charge < -0.3 is 4.90 Å². The summed E-state index contributed by atoms with van der Waals surface area (Å²) in [5.74, 6) is 1.88. The Balaban J connectivity index is 1.97. The lowest BCUT2D eigenvalue weighted by Crippen LogP contribution is -2.31. The van der Waals surface area contributed by atoms with Crippen molar-refractivity contribution in [3.63, 3.8) is 0 Å². The fourth-order valence-electron chi connectivity index (χ4n) is 2.98. The standard InChI is InChI=1S/C13H19N3/c1-10-5-6-11-12(10)13(15-9-14-11)16-7-3-2-4-8-16/h9-10H,2-8H2,1H3/t10-/m1/s1. The number of hydrogen-bond donors (Lipinski definition) is 0. The molecule has 1 saturated heterocycles. The van der Waals surface area contributed by atoms with Gasteiger partial charge in [-0.15, -0.1) is 0 Å². The van der Waals surface area contributed by atoms with E-state index in [2.05, 4.69) is 21.8 Å². The molecule has 0 spiro atoms. The minimum Gasteiger partial charge on any atom is -0.356 e. The highest BCUT2D eigenvalue weighted by molar-refractivity contribution is 5.52. The van der Waals surface area contributed by atoms with Crippen LogP contribution in [0.5, 0.6) is 0 Å². The molecule has 16 heavy (non-hydrogen) atoms. The van der Waals surface area contributed by atoms with Gasteiger partial charge in [-0.05, 0) is 38.0 Å². The Hall–Kier alpha value is -1.12. The average molecular weight is 217 g/mol. The SMILES string of the molecule is C[C@@H]1CCc2ncnc(N3CCCCC3)c21. The van der Waals surface area contributed by atoms with Gasteiger partial charge in [0.05, 0.1) is 0 Å². The van der Waals surface area contributed by atoms with Crippen LogP contribution in [0.4, 0.5) is 5.82 Å². The Morgan fingerprint density at radius 2 is 2.00 bits per heavy atom. The van der Waals surface area contributed by atoms with Crippen LogP contribution in [0.15, 0.2) is 6.33 Å². The molecule has 1 aliphatic heterocycles. The zero-order chi connectivity index (χ0) is 11.0. The molecular formula is C13H19N3. The predicted octanol–water partition coefficient (Wildman–Crippen LogP) is 2.52. The molecule has 0 amide bonds. The summed E-state index contributed by atoms with van der Waals surface area (Å²) in [6.07, 6.45) is 8.13. The molecule has 1 atom stereocenters. The van der Waals surface area contributed by atoms with Crippen LogP contribution >= 0.6 is 0 Å². The zero-order valence-corrected chi connectivity index (χ0v) is 9.95. The van der Waals surface area contributed by atoms with Crippen molar-refractivity contribution >= 4 is 5.82 Å². The van der Waals surface area contributed by atoms with E-state index in [1.807, 2.05) is 0 Å². The van der Waals surface area contributed by atoms with Crippen molar-refractivity contribution in [2.75, 3.05) is 18.0 Å². The first-order valence-electron chi connectivity index (χ1n) is 6.45. The maximum absolute atomic E-state index is 4.54. The van der Waals surface area contributed by atoms with Gasteiger partial charge in [0, 0.05) is 24.3 Å². The third-order valence-electron chi connectivity index (χ3n) is 3.91. The van der Waals surface area contributed by atoms with E-state index in [9.17, 15) is 0 Å². The highest BCUT2D eigenvalue weighted by Crippen LogP contribution is 2.37. The normalized spacial score (nSPS) is 24.6. The Labute approximate surface area is 96.9 Å². The zero-order valence-electron chi connectivity index (χ0n) is 9.95. The van der Waals surface area contributed by atoms with Crippen molar-refractivity contribution in [1.82, 2.24) is 9.97 Å². The van der Waals surface area contributed by atoms with Gasteiger partial charge in [0.25, 0.3) is 0 Å². The highest BCUT2D eigenvalue weighted by atomic mass is 15.2. The second kappa shape index (κ2) is 4.04. The molecule has 0 saturated carbocycles. The number of piperidine rings is 1. The number of anilines is 1. The van der Waals surface area contributed by atoms with Crippen LogP contribution in [0.25, 0.3) is 0 Å². The van der Waals surface area contributed by atoms with Gasteiger partial charge in [-0.2, -0.15) is 0 Å². The van der Waals surface area contributed by atoms with Crippen LogP contribution in [-0.2, 0) is 6.42 Å². The van der Waals surface area contributed by atoms with E-state index in [1.165, 1.54) is 55.8 Å². The molecule has 2 heterocycles. The first kappa shape index (κ1) is 10.1. The van der Waals surface area contributed by atoms with Crippen LogP contribution in [0.1, 0.15) is 49.8 Å². The number of hydrogen-bond acceptors (Lipinski definition) is 3. The maximum atomic E-state index is 4.54. The molecular weight excluding hydrogens is 198 g/mol. The molecule has 1 aliphatic carbocycles. The van der Waals surface area contributed by atoms with Crippen LogP contribution in [0.3, 0.4) is 0 Å². The number of fused-ring (bicyclic) bond motifs is 1. The second-order valence-electron chi connectivity index (χ2n) is 5.05. The molecule has 0 bridgehead atoms. The van der Waals surface area contributed by atoms with Gasteiger partial charge in [-0.25, -0.2) is 9.97 Å². The molecule has 2 aliphatic rings. The van der Waals surface area contributed by atoms with E-state index >= 15 is 0 Å². The topological polar surface area (TPSA) is 29.0 Å². The van der Waals surface area contributed by atoms with Gasteiger partial charge >= 0.3 is 0 Å².